The molecule has 0 atom stereocenters. The molecule has 0 aliphatic rings. The van der Waals surface area contributed by atoms with Gasteiger partial charge in [0, 0.05) is 21.5 Å². The van der Waals surface area contributed by atoms with E-state index >= 15 is 0 Å². The predicted octanol–water partition coefficient (Wildman–Crippen LogP) is 10.5. The molecule has 7 rings (SSSR count). The lowest BCUT2D eigenvalue weighted by Crippen LogP contribution is -2.09. The summed E-state index contributed by atoms with van der Waals surface area (Å²) in [4.78, 5) is 2.29. The number of para-hydroxylation sites is 2. The zero-order valence-corrected chi connectivity index (χ0v) is 21.1. The first-order valence-electron chi connectivity index (χ1n) is 12.1. The summed E-state index contributed by atoms with van der Waals surface area (Å²) in [6.45, 7) is 0. The normalized spacial score (nSPS) is 11.5. The van der Waals surface area contributed by atoms with Gasteiger partial charge in [0.2, 0.25) is 0 Å². The molecule has 170 valence electrons. The Kier molecular flexibility index (Phi) is 5.00. The number of anilines is 3. The SMILES string of the molecule is Brc1cc(N(c2ccccc2)c2ccccc2)ccc1-c1ccc2ccc3cccc4ccc1c2c34. The number of hydrogen-bond acceptors (Lipinski definition) is 1. The third-order valence-corrected chi connectivity index (χ3v) is 7.71. The van der Waals surface area contributed by atoms with Gasteiger partial charge in [-0.3, -0.25) is 0 Å². The van der Waals surface area contributed by atoms with E-state index in [-0.39, 0.29) is 0 Å². The van der Waals surface area contributed by atoms with Gasteiger partial charge in [0.05, 0.1) is 0 Å². The largest absolute Gasteiger partial charge is 0.310 e. The van der Waals surface area contributed by atoms with Crippen LogP contribution in [0.25, 0.3) is 43.4 Å². The van der Waals surface area contributed by atoms with Crippen molar-refractivity contribution in [1.82, 2.24) is 0 Å². The van der Waals surface area contributed by atoms with Crippen molar-refractivity contribution in [2.24, 2.45) is 0 Å². The van der Waals surface area contributed by atoms with Gasteiger partial charge < -0.3 is 4.90 Å². The fourth-order valence-electron chi connectivity index (χ4n) is 5.43. The van der Waals surface area contributed by atoms with Crippen LogP contribution in [0.5, 0.6) is 0 Å². The number of hydrogen-bond donors (Lipinski definition) is 0. The van der Waals surface area contributed by atoms with Crippen molar-refractivity contribution in [1.29, 1.82) is 0 Å². The first-order valence-corrected chi connectivity index (χ1v) is 12.9. The van der Waals surface area contributed by atoms with Gasteiger partial charge in [-0.25, -0.2) is 0 Å². The molecule has 0 unspecified atom stereocenters. The molecule has 1 nitrogen and oxygen atoms in total. The minimum Gasteiger partial charge on any atom is -0.310 e. The molecule has 36 heavy (non-hydrogen) atoms. The monoisotopic (exact) mass is 523 g/mol. The highest BCUT2D eigenvalue weighted by Crippen LogP contribution is 2.43. The van der Waals surface area contributed by atoms with E-state index in [1.165, 1.54) is 43.4 Å². The quantitative estimate of drug-likeness (QED) is 0.207. The summed E-state index contributed by atoms with van der Waals surface area (Å²) in [6, 6.07) is 47.8. The molecule has 7 aromatic rings. The Balaban J connectivity index is 1.41. The van der Waals surface area contributed by atoms with Crippen molar-refractivity contribution in [3.05, 3.63) is 138 Å². The molecule has 0 radical (unpaired) electrons. The molecule has 0 bridgehead atoms. The average molecular weight is 524 g/mol. The first-order chi connectivity index (χ1) is 17.8. The van der Waals surface area contributed by atoms with Crippen LogP contribution in [0.1, 0.15) is 0 Å². The molecular weight excluding hydrogens is 502 g/mol. The van der Waals surface area contributed by atoms with Crippen molar-refractivity contribution < 1.29 is 0 Å². The van der Waals surface area contributed by atoms with E-state index in [2.05, 4.69) is 154 Å². The van der Waals surface area contributed by atoms with Gasteiger partial charge >= 0.3 is 0 Å². The maximum atomic E-state index is 3.94. The lowest BCUT2D eigenvalue weighted by molar-refractivity contribution is 1.28. The fraction of sp³-hybridized carbons (Fsp3) is 0. The Bertz CT molecular complexity index is 1790. The molecule has 2 heteroatoms. The molecule has 0 aliphatic heterocycles. The summed E-state index contributed by atoms with van der Waals surface area (Å²) in [5.41, 5.74) is 5.81. The maximum absolute atomic E-state index is 3.94. The van der Waals surface area contributed by atoms with Gasteiger partial charge in [0.15, 0.2) is 0 Å². The zero-order chi connectivity index (χ0) is 24.1. The highest BCUT2D eigenvalue weighted by atomic mass is 79.9. The van der Waals surface area contributed by atoms with E-state index in [4.69, 9.17) is 0 Å². The van der Waals surface area contributed by atoms with Crippen LogP contribution < -0.4 is 4.90 Å². The van der Waals surface area contributed by atoms with Crippen molar-refractivity contribution in [3.63, 3.8) is 0 Å². The molecule has 0 N–H and O–H groups in total. The lowest BCUT2D eigenvalue weighted by Gasteiger charge is -2.26. The Labute approximate surface area is 218 Å². The highest BCUT2D eigenvalue weighted by Gasteiger charge is 2.16. The van der Waals surface area contributed by atoms with Gasteiger partial charge in [-0.1, -0.05) is 113 Å². The topological polar surface area (TPSA) is 3.24 Å². The second-order valence-electron chi connectivity index (χ2n) is 9.14. The van der Waals surface area contributed by atoms with Crippen molar-refractivity contribution in [3.8, 4) is 11.1 Å². The van der Waals surface area contributed by atoms with Gasteiger partial charge in [-0.2, -0.15) is 0 Å². The molecule has 0 aliphatic carbocycles. The van der Waals surface area contributed by atoms with E-state index in [0.717, 1.165) is 21.5 Å². The molecule has 0 saturated carbocycles. The van der Waals surface area contributed by atoms with Crippen LogP contribution in [0.4, 0.5) is 17.1 Å². The number of nitrogens with zero attached hydrogens (tertiary/aromatic N) is 1. The van der Waals surface area contributed by atoms with Crippen LogP contribution in [-0.4, -0.2) is 0 Å². The molecule has 7 aromatic carbocycles. The number of rotatable bonds is 4. The van der Waals surface area contributed by atoms with Crippen LogP contribution in [-0.2, 0) is 0 Å². The summed E-state index contributed by atoms with van der Waals surface area (Å²) in [5.74, 6) is 0. The molecular formula is C34H22BrN. The van der Waals surface area contributed by atoms with Crippen molar-refractivity contribution >= 4 is 65.3 Å². The second kappa shape index (κ2) is 8.51. The summed E-state index contributed by atoms with van der Waals surface area (Å²) >= 11 is 3.94. The molecule has 0 spiro atoms. The Morgan fingerprint density at radius 2 is 0.972 bits per heavy atom. The predicted molar refractivity (Wildman–Crippen MR) is 158 cm³/mol. The van der Waals surface area contributed by atoms with Crippen LogP contribution in [0.15, 0.2) is 138 Å². The van der Waals surface area contributed by atoms with Gasteiger partial charge in [-0.15, -0.1) is 0 Å². The van der Waals surface area contributed by atoms with Crippen molar-refractivity contribution in [2.75, 3.05) is 4.90 Å². The van der Waals surface area contributed by atoms with Gasteiger partial charge in [0.1, 0.15) is 0 Å². The van der Waals surface area contributed by atoms with E-state index in [9.17, 15) is 0 Å². The summed E-state index contributed by atoms with van der Waals surface area (Å²) in [5, 5.41) is 7.84. The summed E-state index contributed by atoms with van der Waals surface area (Å²) < 4.78 is 1.08. The minimum absolute atomic E-state index is 1.08. The first kappa shape index (κ1) is 21.2. The lowest BCUT2D eigenvalue weighted by atomic mass is 9.90. The molecule has 0 fully saturated rings. The maximum Gasteiger partial charge on any atom is 0.0473 e. The van der Waals surface area contributed by atoms with Crippen molar-refractivity contribution in [2.45, 2.75) is 0 Å². The molecule has 0 saturated heterocycles. The van der Waals surface area contributed by atoms with Gasteiger partial charge in [0.25, 0.3) is 0 Å². The molecule has 0 amide bonds. The van der Waals surface area contributed by atoms with E-state index in [1.807, 2.05) is 0 Å². The van der Waals surface area contributed by atoms with E-state index in [0.29, 0.717) is 0 Å². The van der Waals surface area contributed by atoms with Crippen LogP contribution in [0.3, 0.4) is 0 Å². The van der Waals surface area contributed by atoms with Crippen LogP contribution in [0.2, 0.25) is 0 Å². The highest BCUT2D eigenvalue weighted by molar-refractivity contribution is 9.10. The molecule has 0 aromatic heterocycles. The summed E-state index contributed by atoms with van der Waals surface area (Å²) in [7, 11) is 0. The van der Waals surface area contributed by atoms with Crippen LogP contribution in [0, 0.1) is 0 Å². The Morgan fingerprint density at radius 1 is 0.417 bits per heavy atom. The second-order valence-corrected chi connectivity index (χ2v) is 9.99. The Morgan fingerprint density at radius 3 is 1.61 bits per heavy atom. The summed E-state index contributed by atoms with van der Waals surface area (Å²) in [6.07, 6.45) is 0. The fourth-order valence-corrected chi connectivity index (χ4v) is 6.01. The van der Waals surface area contributed by atoms with Gasteiger partial charge in [-0.05, 0) is 79.8 Å². The molecule has 0 heterocycles. The third-order valence-electron chi connectivity index (χ3n) is 7.06. The number of halogens is 1. The smallest absolute Gasteiger partial charge is 0.0473 e. The van der Waals surface area contributed by atoms with E-state index < -0.39 is 0 Å². The number of benzene rings is 7. The van der Waals surface area contributed by atoms with Crippen LogP contribution >= 0.6 is 15.9 Å². The standard InChI is InChI=1S/C34H22BrN/c35-32-22-28(36(26-10-3-1-4-11-26)27-12-5-2-6-13-27)18-21-30(32)29-19-16-25-15-14-23-8-7-9-24-17-20-31(29)34(25)33(23)24/h1-22H. The average Bonchev–Trinajstić information content (AvgIpc) is 2.93. The third kappa shape index (κ3) is 3.37. The minimum atomic E-state index is 1.08. The zero-order valence-electron chi connectivity index (χ0n) is 19.5. The Hall–Kier alpha value is -4.14. The van der Waals surface area contributed by atoms with E-state index in [1.54, 1.807) is 0 Å².